The standard InChI is InChI=1S/C19H17ClN4O3/c1-26-14-6-3-12(4-7-14)19(25)22-18-10-9-17(23-24-18)21-13-5-8-16(27-2)15(20)11-13/h3-11H,1-2H3,(H,21,23)(H,22,24,25). The van der Waals surface area contributed by atoms with E-state index in [4.69, 9.17) is 21.1 Å². The van der Waals surface area contributed by atoms with Gasteiger partial charge in [0, 0.05) is 11.3 Å². The van der Waals surface area contributed by atoms with Crippen molar-refractivity contribution in [2.75, 3.05) is 24.9 Å². The Morgan fingerprint density at radius 1 is 0.926 bits per heavy atom. The number of rotatable bonds is 6. The summed E-state index contributed by atoms with van der Waals surface area (Å²) < 4.78 is 10.2. The summed E-state index contributed by atoms with van der Waals surface area (Å²) in [7, 11) is 3.12. The van der Waals surface area contributed by atoms with E-state index in [1.165, 1.54) is 0 Å². The molecule has 0 saturated heterocycles. The molecule has 0 spiro atoms. The Bertz CT molecular complexity index is 931. The van der Waals surface area contributed by atoms with Gasteiger partial charge in [-0.25, -0.2) is 0 Å². The molecule has 0 aliphatic carbocycles. The molecule has 0 atom stereocenters. The number of carbonyl (C=O) groups is 1. The summed E-state index contributed by atoms with van der Waals surface area (Å²) in [6.07, 6.45) is 0. The lowest BCUT2D eigenvalue weighted by molar-refractivity contribution is 0.102. The number of anilines is 3. The van der Waals surface area contributed by atoms with Gasteiger partial charge in [0.2, 0.25) is 0 Å². The van der Waals surface area contributed by atoms with E-state index in [2.05, 4.69) is 20.8 Å². The Morgan fingerprint density at radius 2 is 1.63 bits per heavy atom. The number of amides is 1. The summed E-state index contributed by atoms with van der Waals surface area (Å²) in [4.78, 5) is 12.2. The number of aromatic nitrogens is 2. The molecule has 8 heteroatoms. The minimum absolute atomic E-state index is 0.283. The number of halogens is 1. The number of carbonyl (C=O) groups excluding carboxylic acids is 1. The van der Waals surface area contributed by atoms with Crippen LogP contribution in [0.2, 0.25) is 5.02 Å². The fourth-order valence-corrected chi connectivity index (χ4v) is 2.55. The monoisotopic (exact) mass is 384 g/mol. The topological polar surface area (TPSA) is 85.4 Å². The molecule has 0 unspecified atom stereocenters. The van der Waals surface area contributed by atoms with Crippen LogP contribution in [0.15, 0.2) is 54.6 Å². The van der Waals surface area contributed by atoms with Gasteiger partial charge >= 0.3 is 0 Å². The number of hydrogen-bond donors (Lipinski definition) is 2. The number of benzene rings is 2. The van der Waals surface area contributed by atoms with Crippen LogP contribution >= 0.6 is 11.6 Å². The van der Waals surface area contributed by atoms with E-state index in [1.807, 2.05) is 6.07 Å². The van der Waals surface area contributed by atoms with Crippen LogP contribution in [0.5, 0.6) is 11.5 Å². The van der Waals surface area contributed by atoms with Crippen molar-refractivity contribution >= 4 is 34.8 Å². The zero-order chi connectivity index (χ0) is 19.2. The quantitative estimate of drug-likeness (QED) is 0.664. The van der Waals surface area contributed by atoms with Crippen molar-refractivity contribution in [1.29, 1.82) is 0 Å². The first-order chi connectivity index (χ1) is 13.1. The second-order valence-corrected chi connectivity index (χ2v) is 5.87. The van der Waals surface area contributed by atoms with Crippen LogP contribution in [-0.4, -0.2) is 30.3 Å². The second kappa shape index (κ2) is 8.37. The fourth-order valence-electron chi connectivity index (χ4n) is 2.29. The van der Waals surface area contributed by atoms with Crippen molar-refractivity contribution < 1.29 is 14.3 Å². The van der Waals surface area contributed by atoms with Crippen molar-refractivity contribution in [2.24, 2.45) is 0 Å². The maximum Gasteiger partial charge on any atom is 0.256 e. The minimum atomic E-state index is -0.283. The van der Waals surface area contributed by atoms with Crippen LogP contribution in [0.1, 0.15) is 10.4 Å². The highest BCUT2D eigenvalue weighted by atomic mass is 35.5. The van der Waals surface area contributed by atoms with E-state index in [1.54, 1.807) is 62.8 Å². The van der Waals surface area contributed by atoms with Gasteiger partial charge in [-0.1, -0.05) is 11.6 Å². The molecule has 138 valence electrons. The number of methoxy groups -OCH3 is 2. The van der Waals surface area contributed by atoms with E-state index < -0.39 is 0 Å². The lowest BCUT2D eigenvalue weighted by Crippen LogP contribution is -2.13. The molecule has 3 rings (SSSR count). The first-order valence-corrected chi connectivity index (χ1v) is 8.36. The number of nitrogens with zero attached hydrogens (tertiary/aromatic N) is 2. The fraction of sp³-hybridized carbons (Fsp3) is 0.105. The largest absolute Gasteiger partial charge is 0.497 e. The van der Waals surface area contributed by atoms with Gasteiger partial charge in [0.05, 0.1) is 19.2 Å². The molecule has 0 aliphatic rings. The van der Waals surface area contributed by atoms with E-state index >= 15 is 0 Å². The van der Waals surface area contributed by atoms with Gasteiger partial charge in [-0.2, -0.15) is 0 Å². The Morgan fingerprint density at radius 3 is 2.22 bits per heavy atom. The first-order valence-electron chi connectivity index (χ1n) is 7.99. The SMILES string of the molecule is COc1ccc(C(=O)Nc2ccc(Nc3ccc(OC)c(Cl)c3)nn2)cc1. The molecule has 2 N–H and O–H groups in total. The molecule has 0 fully saturated rings. The van der Waals surface area contributed by atoms with Crippen molar-refractivity contribution in [3.63, 3.8) is 0 Å². The van der Waals surface area contributed by atoms with Gasteiger partial charge in [0.25, 0.3) is 5.91 Å². The highest BCUT2D eigenvalue weighted by Crippen LogP contribution is 2.28. The molecule has 3 aromatic rings. The van der Waals surface area contributed by atoms with Crippen molar-refractivity contribution in [1.82, 2.24) is 10.2 Å². The van der Waals surface area contributed by atoms with E-state index in [0.717, 1.165) is 5.69 Å². The molecule has 27 heavy (non-hydrogen) atoms. The van der Waals surface area contributed by atoms with E-state index in [0.29, 0.717) is 33.7 Å². The Kier molecular flexibility index (Phi) is 5.73. The van der Waals surface area contributed by atoms with Crippen LogP contribution in [0.25, 0.3) is 0 Å². The Hall–Kier alpha value is -3.32. The molecule has 1 amide bonds. The number of nitrogens with one attached hydrogen (secondary N) is 2. The van der Waals surface area contributed by atoms with Gasteiger partial charge in [-0.3, -0.25) is 4.79 Å². The van der Waals surface area contributed by atoms with Crippen molar-refractivity contribution in [3.05, 3.63) is 65.2 Å². The van der Waals surface area contributed by atoms with Crippen LogP contribution in [-0.2, 0) is 0 Å². The minimum Gasteiger partial charge on any atom is -0.497 e. The number of hydrogen-bond acceptors (Lipinski definition) is 6. The zero-order valence-electron chi connectivity index (χ0n) is 14.7. The Labute approximate surface area is 161 Å². The van der Waals surface area contributed by atoms with Crippen LogP contribution in [0.3, 0.4) is 0 Å². The maximum atomic E-state index is 12.2. The molecule has 2 aromatic carbocycles. The van der Waals surface area contributed by atoms with Crippen molar-refractivity contribution in [3.8, 4) is 11.5 Å². The molecule has 0 aliphatic heterocycles. The molecular weight excluding hydrogens is 368 g/mol. The summed E-state index contributed by atoms with van der Waals surface area (Å²) in [6, 6.07) is 15.4. The third-order valence-electron chi connectivity index (χ3n) is 3.68. The molecule has 7 nitrogen and oxygen atoms in total. The predicted molar refractivity (Wildman–Crippen MR) is 104 cm³/mol. The van der Waals surface area contributed by atoms with Crippen LogP contribution < -0.4 is 20.1 Å². The summed E-state index contributed by atoms with van der Waals surface area (Å²) in [5.74, 6) is 1.84. The zero-order valence-corrected chi connectivity index (χ0v) is 15.4. The van der Waals surface area contributed by atoms with Gasteiger partial charge in [-0.15, -0.1) is 10.2 Å². The third-order valence-corrected chi connectivity index (χ3v) is 3.98. The second-order valence-electron chi connectivity index (χ2n) is 5.46. The summed E-state index contributed by atoms with van der Waals surface area (Å²) in [5.41, 5.74) is 1.23. The predicted octanol–water partition coefficient (Wildman–Crippen LogP) is 4.14. The lowest BCUT2D eigenvalue weighted by Gasteiger charge is -2.09. The van der Waals surface area contributed by atoms with E-state index in [9.17, 15) is 4.79 Å². The summed E-state index contributed by atoms with van der Waals surface area (Å²) >= 11 is 6.10. The van der Waals surface area contributed by atoms with Gasteiger partial charge in [0.15, 0.2) is 11.6 Å². The van der Waals surface area contributed by atoms with Crippen LogP contribution in [0, 0.1) is 0 Å². The average molecular weight is 385 g/mol. The molecule has 1 aromatic heterocycles. The first kappa shape index (κ1) is 18.5. The third kappa shape index (κ3) is 4.65. The molecule has 1 heterocycles. The normalized spacial score (nSPS) is 10.2. The van der Waals surface area contributed by atoms with Gasteiger partial charge in [0.1, 0.15) is 11.5 Å². The molecule has 0 radical (unpaired) electrons. The average Bonchev–Trinajstić information content (AvgIpc) is 2.69. The maximum absolute atomic E-state index is 12.2. The highest BCUT2D eigenvalue weighted by molar-refractivity contribution is 6.32. The summed E-state index contributed by atoms with van der Waals surface area (Å²) in [6.45, 7) is 0. The molecule has 0 bridgehead atoms. The van der Waals surface area contributed by atoms with Crippen LogP contribution in [0.4, 0.5) is 17.3 Å². The van der Waals surface area contributed by atoms with Gasteiger partial charge in [-0.05, 0) is 54.6 Å². The highest BCUT2D eigenvalue weighted by Gasteiger charge is 2.08. The molecule has 0 saturated carbocycles. The number of ether oxygens (including phenoxy) is 2. The summed E-state index contributed by atoms with van der Waals surface area (Å²) in [5, 5.41) is 14.3. The lowest BCUT2D eigenvalue weighted by atomic mass is 10.2. The molecular formula is C19H17ClN4O3. The smallest absolute Gasteiger partial charge is 0.256 e. The Balaban J connectivity index is 1.64. The van der Waals surface area contributed by atoms with Crippen molar-refractivity contribution in [2.45, 2.75) is 0 Å². The van der Waals surface area contributed by atoms with E-state index in [-0.39, 0.29) is 5.91 Å². The van der Waals surface area contributed by atoms with Gasteiger partial charge < -0.3 is 20.1 Å².